The molecule has 2 aliphatic carbocycles. The zero-order valence-electron chi connectivity index (χ0n) is 13.2. The third-order valence-electron chi connectivity index (χ3n) is 4.55. The minimum absolute atomic E-state index is 0.000206. The second kappa shape index (κ2) is 7.23. The van der Waals surface area contributed by atoms with Gasteiger partial charge >= 0.3 is 5.97 Å². The molecule has 23 heavy (non-hydrogen) atoms. The van der Waals surface area contributed by atoms with Gasteiger partial charge in [0.2, 0.25) is 0 Å². The van der Waals surface area contributed by atoms with Crippen LogP contribution in [0.1, 0.15) is 35.4 Å². The number of thioether (sulfide) groups is 1. The number of carbonyl (C=O) groups excluding carboxylic acids is 1. The fraction of sp³-hybridized carbons (Fsp3) is 0.625. The lowest BCUT2D eigenvalue weighted by Crippen LogP contribution is -2.55. The number of aliphatic carboxylic acids is 1. The van der Waals surface area contributed by atoms with Gasteiger partial charge in [0, 0.05) is 23.5 Å². The Balaban J connectivity index is 1.49. The summed E-state index contributed by atoms with van der Waals surface area (Å²) in [6.45, 7) is 1.00. The van der Waals surface area contributed by atoms with E-state index in [-0.39, 0.29) is 18.5 Å². The van der Waals surface area contributed by atoms with Crippen LogP contribution in [0.25, 0.3) is 0 Å². The number of hydrogen-bond donors (Lipinski definition) is 2. The predicted octanol–water partition coefficient (Wildman–Crippen LogP) is 2.53. The fourth-order valence-electron chi connectivity index (χ4n) is 3.03. The number of carboxylic acid groups (broad SMARTS) is 1. The summed E-state index contributed by atoms with van der Waals surface area (Å²) >= 11 is 3.06. The third kappa shape index (κ3) is 4.28. The van der Waals surface area contributed by atoms with E-state index >= 15 is 0 Å². The molecule has 2 aliphatic rings. The van der Waals surface area contributed by atoms with Crippen LogP contribution in [-0.4, -0.2) is 53.3 Å². The first kappa shape index (κ1) is 16.8. The SMILES string of the molecule is CSc1ccsc1C(=O)NC1CC(N(CC(=O)O)CC2CC2)C1. The van der Waals surface area contributed by atoms with Crippen molar-refractivity contribution in [3.63, 3.8) is 0 Å². The molecular weight excluding hydrogens is 332 g/mol. The van der Waals surface area contributed by atoms with Crippen molar-refractivity contribution >= 4 is 35.0 Å². The highest BCUT2D eigenvalue weighted by atomic mass is 32.2. The second-order valence-corrected chi connectivity index (χ2v) is 8.14. The molecule has 1 amide bonds. The molecule has 0 radical (unpaired) electrons. The maximum Gasteiger partial charge on any atom is 0.317 e. The summed E-state index contributed by atoms with van der Waals surface area (Å²) in [6.07, 6.45) is 6.12. The van der Waals surface area contributed by atoms with Gasteiger partial charge in [0.25, 0.3) is 5.91 Å². The summed E-state index contributed by atoms with van der Waals surface area (Å²) in [5.41, 5.74) is 0. The Morgan fingerprint density at radius 2 is 2.17 bits per heavy atom. The molecule has 1 aromatic heterocycles. The normalized spacial score (nSPS) is 23.6. The zero-order valence-corrected chi connectivity index (χ0v) is 14.8. The summed E-state index contributed by atoms with van der Waals surface area (Å²) in [5.74, 6) is -0.0839. The summed E-state index contributed by atoms with van der Waals surface area (Å²) in [5, 5.41) is 14.1. The van der Waals surface area contributed by atoms with E-state index in [1.165, 1.54) is 24.2 Å². The predicted molar refractivity (Wildman–Crippen MR) is 92.3 cm³/mol. The molecule has 0 atom stereocenters. The minimum atomic E-state index is -0.763. The van der Waals surface area contributed by atoms with Gasteiger partial charge in [-0.3, -0.25) is 14.5 Å². The van der Waals surface area contributed by atoms with Crippen LogP contribution in [0.5, 0.6) is 0 Å². The fourth-order valence-corrected chi connectivity index (χ4v) is 4.68. The number of hydrogen-bond acceptors (Lipinski definition) is 5. The van der Waals surface area contributed by atoms with Crippen LogP contribution in [0, 0.1) is 5.92 Å². The van der Waals surface area contributed by atoms with E-state index in [1.807, 2.05) is 17.7 Å². The minimum Gasteiger partial charge on any atom is -0.480 e. The van der Waals surface area contributed by atoms with Crippen molar-refractivity contribution < 1.29 is 14.7 Å². The summed E-state index contributed by atoms with van der Waals surface area (Å²) < 4.78 is 0. The molecule has 5 nitrogen and oxygen atoms in total. The molecule has 1 aromatic rings. The molecule has 0 bridgehead atoms. The van der Waals surface area contributed by atoms with Gasteiger partial charge in [-0.15, -0.1) is 23.1 Å². The number of carbonyl (C=O) groups is 2. The lowest BCUT2D eigenvalue weighted by atomic mass is 9.85. The molecule has 0 saturated heterocycles. The molecule has 126 valence electrons. The second-order valence-electron chi connectivity index (χ2n) is 6.38. The quantitative estimate of drug-likeness (QED) is 0.702. The molecule has 0 aliphatic heterocycles. The Morgan fingerprint density at radius 3 is 2.78 bits per heavy atom. The average Bonchev–Trinajstić information content (AvgIpc) is 3.14. The van der Waals surface area contributed by atoms with Gasteiger partial charge in [-0.2, -0.15) is 0 Å². The highest BCUT2D eigenvalue weighted by Crippen LogP contribution is 2.34. The number of amides is 1. The van der Waals surface area contributed by atoms with Crippen molar-refractivity contribution in [2.24, 2.45) is 5.92 Å². The lowest BCUT2D eigenvalue weighted by Gasteiger charge is -2.42. The van der Waals surface area contributed by atoms with Gasteiger partial charge in [0.15, 0.2) is 0 Å². The Morgan fingerprint density at radius 1 is 1.43 bits per heavy atom. The maximum absolute atomic E-state index is 12.3. The van der Waals surface area contributed by atoms with Crippen molar-refractivity contribution in [2.45, 2.75) is 42.7 Å². The number of thiophene rings is 1. The Bertz CT molecular complexity index is 580. The van der Waals surface area contributed by atoms with Crippen LogP contribution >= 0.6 is 23.1 Å². The van der Waals surface area contributed by atoms with E-state index in [1.54, 1.807) is 11.8 Å². The molecule has 2 N–H and O–H groups in total. The van der Waals surface area contributed by atoms with Crippen molar-refractivity contribution in [3.05, 3.63) is 16.3 Å². The molecule has 2 fully saturated rings. The van der Waals surface area contributed by atoms with Crippen LogP contribution in [0.2, 0.25) is 0 Å². The molecule has 0 spiro atoms. The van der Waals surface area contributed by atoms with Gasteiger partial charge in [-0.05, 0) is 49.3 Å². The molecule has 2 saturated carbocycles. The molecule has 0 aromatic carbocycles. The molecule has 0 unspecified atom stereocenters. The Kier molecular flexibility index (Phi) is 5.28. The zero-order chi connectivity index (χ0) is 16.4. The first-order valence-corrected chi connectivity index (χ1v) is 10.1. The molecular formula is C16H22N2O3S2. The number of nitrogens with zero attached hydrogens (tertiary/aromatic N) is 1. The monoisotopic (exact) mass is 354 g/mol. The van der Waals surface area contributed by atoms with Gasteiger partial charge < -0.3 is 10.4 Å². The van der Waals surface area contributed by atoms with Crippen molar-refractivity contribution in [1.82, 2.24) is 10.2 Å². The van der Waals surface area contributed by atoms with E-state index in [0.29, 0.717) is 12.0 Å². The Labute approximate surface area is 144 Å². The van der Waals surface area contributed by atoms with Crippen LogP contribution in [0.15, 0.2) is 16.3 Å². The maximum atomic E-state index is 12.3. The lowest BCUT2D eigenvalue weighted by molar-refractivity contribution is -0.139. The number of rotatable bonds is 8. The van der Waals surface area contributed by atoms with E-state index in [0.717, 1.165) is 29.2 Å². The van der Waals surface area contributed by atoms with Crippen LogP contribution in [0.4, 0.5) is 0 Å². The van der Waals surface area contributed by atoms with Gasteiger partial charge in [-0.25, -0.2) is 0 Å². The Hall–Kier alpha value is -1.05. The van der Waals surface area contributed by atoms with E-state index in [9.17, 15) is 9.59 Å². The van der Waals surface area contributed by atoms with Crippen LogP contribution in [-0.2, 0) is 4.79 Å². The standard InChI is InChI=1S/C16H22N2O3S2/c1-22-13-4-5-23-15(13)16(21)17-11-6-12(7-11)18(9-14(19)20)8-10-2-3-10/h4-5,10-12H,2-3,6-9H2,1H3,(H,17,21)(H,19,20). The summed E-state index contributed by atoms with van der Waals surface area (Å²) in [6, 6.07) is 2.43. The number of carboxylic acids is 1. The van der Waals surface area contributed by atoms with Crippen LogP contribution in [0.3, 0.4) is 0 Å². The van der Waals surface area contributed by atoms with Gasteiger partial charge in [0.05, 0.1) is 6.54 Å². The van der Waals surface area contributed by atoms with Gasteiger partial charge in [0.1, 0.15) is 4.88 Å². The van der Waals surface area contributed by atoms with E-state index in [2.05, 4.69) is 10.2 Å². The van der Waals surface area contributed by atoms with Crippen molar-refractivity contribution in [1.29, 1.82) is 0 Å². The van der Waals surface area contributed by atoms with E-state index < -0.39 is 5.97 Å². The smallest absolute Gasteiger partial charge is 0.317 e. The van der Waals surface area contributed by atoms with Crippen LogP contribution < -0.4 is 5.32 Å². The molecule has 1 heterocycles. The average molecular weight is 354 g/mol. The van der Waals surface area contributed by atoms with Crippen molar-refractivity contribution in [2.75, 3.05) is 19.3 Å². The third-order valence-corrected chi connectivity index (χ3v) is 6.37. The first-order chi connectivity index (χ1) is 11.1. The highest BCUT2D eigenvalue weighted by molar-refractivity contribution is 7.98. The topological polar surface area (TPSA) is 69.6 Å². The summed E-state index contributed by atoms with van der Waals surface area (Å²) in [7, 11) is 0. The van der Waals surface area contributed by atoms with Gasteiger partial charge in [-0.1, -0.05) is 0 Å². The molecule has 3 rings (SSSR count). The molecule has 7 heteroatoms. The first-order valence-electron chi connectivity index (χ1n) is 7.95. The largest absolute Gasteiger partial charge is 0.480 e. The van der Waals surface area contributed by atoms with Crippen molar-refractivity contribution in [3.8, 4) is 0 Å². The highest BCUT2D eigenvalue weighted by Gasteiger charge is 2.38. The summed E-state index contributed by atoms with van der Waals surface area (Å²) in [4.78, 5) is 27.2. The number of nitrogens with one attached hydrogen (secondary N) is 1. The van der Waals surface area contributed by atoms with E-state index in [4.69, 9.17) is 5.11 Å².